The lowest BCUT2D eigenvalue weighted by Gasteiger charge is -2.19. The molecule has 0 amide bonds. The highest BCUT2D eigenvalue weighted by Crippen LogP contribution is 2.37. The molecule has 0 aliphatic carbocycles. The predicted octanol–water partition coefficient (Wildman–Crippen LogP) is 6.19. The van der Waals surface area contributed by atoms with Gasteiger partial charge in [-0.15, -0.1) is 0 Å². The Balaban J connectivity index is 1.95. The molecule has 0 fully saturated rings. The molecule has 0 unspecified atom stereocenters. The average Bonchev–Trinajstić information content (AvgIpc) is 2.67. The highest BCUT2D eigenvalue weighted by Gasteiger charge is 2.36. The molecule has 31 heavy (non-hydrogen) atoms. The van der Waals surface area contributed by atoms with E-state index in [4.69, 9.17) is 0 Å². The minimum Gasteiger partial charge on any atom is -0.334 e. The van der Waals surface area contributed by atoms with Crippen LogP contribution in [0.25, 0.3) is 0 Å². The summed E-state index contributed by atoms with van der Waals surface area (Å²) in [5.41, 5.74) is -0.00210. The molecule has 7 nitrogen and oxygen atoms in total. The standard InChI is InChI=1S/C21H20F3N5O2/c1-20(2,3)13-8-10-14(11-9-13)26-19-25-12-15(21(22,23)24)18(28-19)27-16-6-4-5-7-17(16)29(30)31/h4-12H,1-3H3,(H2,25,26,27,28). The third kappa shape index (κ3) is 5.27. The fourth-order valence-electron chi connectivity index (χ4n) is 2.79. The summed E-state index contributed by atoms with van der Waals surface area (Å²) in [5.74, 6) is -0.678. The van der Waals surface area contributed by atoms with Crippen molar-refractivity contribution in [2.75, 3.05) is 10.6 Å². The van der Waals surface area contributed by atoms with Crippen LogP contribution in [0.1, 0.15) is 31.9 Å². The van der Waals surface area contributed by atoms with Gasteiger partial charge in [0.05, 0.1) is 4.92 Å². The van der Waals surface area contributed by atoms with E-state index in [2.05, 4.69) is 41.4 Å². The number of nitrogens with one attached hydrogen (secondary N) is 2. The van der Waals surface area contributed by atoms with Crippen molar-refractivity contribution in [3.8, 4) is 0 Å². The van der Waals surface area contributed by atoms with E-state index in [9.17, 15) is 23.3 Å². The van der Waals surface area contributed by atoms with Crippen LogP contribution >= 0.6 is 0 Å². The number of nitro groups is 1. The molecule has 0 spiro atoms. The lowest BCUT2D eigenvalue weighted by molar-refractivity contribution is -0.383. The molecule has 0 bridgehead atoms. The normalized spacial score (nSPS) is 11.8. The molecular weight excluding hydrogens is 411 g/mol. The Kier molecular flexibility index (Phi) is 5.83. The quantitative estimate of drug-likeness (QED) is 0.370. The molecule has 0 saturated carbocycles. The number of para-hydroxylation sites is 2. The van der Waals surface area contributed by atoms with E-state index in [0.29, 0.717) is 11.9 Å². The summed E-state index contributed by atoms with van der Waals surface area (Å²) in [4.78, 5) is 18.2. The summed E-state index contributed by atoms with van der Waals surface area (Å²) in [6.45, 7) is 6.19. The zero-order chi connectivity index (χ0) is 22.8. The fourth-order valence-corrected chi connectivity index (χ4v) is 2.79. The number of halogens is 3. The molecule has 10 heteroatoms. The van der Waals surface area contributed by atoms with Crippen LogP contribution in [-0.4, -0.2) is 14.9 Å². The van der Waals surface area contributed by atoms with Gasteiger partial charge in [0.15, 0.2) is 0 Å². The second-order valence-electron chi connectivity index (χ2n) is 7.81. The van der Waals surface area contributed by atoms with Gasteiger partial charge in [0.1, 0.15) is 17.1 Å². The van der Waals surface area contributed by atoms with E-state index in [0.717, 1.165) is 5.56 Å². The number of nitrogens with zero attached hydrogens (tertiary/aromatic N) is 3. The van der Waals surface area contributed by atoms with Gasteiger partial charge in [0.2, 0.25) is 5.95 Å². The Hall–Kier alpha value is -3.69. The van der Waals surface area contributed by atoms with Gasteiger partial charge in [-0.3, -0.25) is 10.1 Å². The summed E-state index contributed by atoms with van der Waals surface area (Å²) < 4.78 is 40.4. The molecule has 1 heterocycles. The Morgan fingerprint density at radius 1 is 0.968 bits per heavy atom. The Morgan fingerprint density at radius 3 is 2.19 bits per heavy atom. The second-order valence-corrected chi connectivity index (χ2v) is 7.81. The van der Waals surface area contributed by atoms with Crippen molar-refractivity contribution in [2.45, 2.75) is 32.4 Å². The summed E-state index contributed by atoms with van der Waals surface area (Å²) >= 11 is 0. The first-order chi connectivity index (χ1) is 14.4. The Bertz CT molecular complexity index is 1090. The molecule has 0 aliphatic rings. The minimum atomic E-state index is -4.75. The number of rotatable bonds is 5. The van der Waals surface area contributed by atoms with Crippen molar-refractivity contribution in [2.24, 2.45) is 0 Å². The lowest BCUT2D eigenvalue weighted by Crippen LogP contribution is -2.13. The van der Waals surface area contributed by atoms with Crippen molar-refractivity contribution in [1.29, 1.82) is 0 Å². The first-order valence-corrected chi connectivity index (χ1v) is 9.27. The maximum atomic E-state index is 13.5. The number of alkyl halides is 3. The number of anilines is 4. The van der Waals surface area contributed by atoms with Crippen molar-refractivity contribution >= 4 is 28.8 Å². The molecule has 0 radical (unpaired) electrons. The maximum Gasteiger partial charge on any atom is 0.421 e. The van der Waals surface area contributed by atoms with Crippen LogP contribution in [0.15, 0.2) is 54.7 Å². The van der Waals surface area contributed by atoms with Gasteiger partial charge in [-0.25, -0.2) is 4.98 Å². The summed E-state index contributed by atoms with van der Waals surface area (Å²) in [5, 5.41) is 16.5. The van der Waals surface area contributed by atoms with Crippen LogP contribution < -0.4 is 10.6 Å². The van der Waals surface area contributed by atoms with Crippen LogP contribution in [0.4, 0.5) is 42.0 Å². The van der Waals surface area contributed by atoms with Gasteiger partial charge < -0.3 is 10.6 Å². The van der Waals surface area contributed by atoms with E-state index < -0.39 is 22.5 Å². The number of hydrogen-bond donors (Lipinski definition) is 2. The van der Waals surface area contributed by atoms with E-state index in [-0.39, 0.29) is 22.7 Å². The van der Waals surface area contributed by atoms with Crippen molar-refractivity contribution < 1.29 is 18.1 Å². The molecule has 2 N–H and O–H groups in total. The summed E-state index contributed by atoms with van der Waals surface area (Å²) in [6.07, 6.45) is -4.12. The number of nitro benzene ring substituents is 1. The van der Waals surface area contributed by atoms with E-state index in [1.165, 1.54) is 24.3 Å². The molecule has 0 atom stereocenters. The van der Waals surface area contributed by atoms with Gasteiger partial charge in [-0.1, -0.05) is 45.0 Å². The SMILES string of the molecule is CC(C)(C)c1ccc(Nc2ncc(C(F)(F)F)c(Nc3ccccc3[N+](=O)[O-])n2)cc1. The van der Waals surface area contributed by atoms with Crippen LogP contribution in [0.3, 0.4) is 0 Å². The number of hydrogen-bond acceptors (Lipinski definition) is 6. The van der Waals surface area contributed by atoms with Crippen LogP contribution in [-0.2, 0) is 11.6 Å². The number of aromatic nitrogens is 2. The molecule has 3 rings (SSSR count). The fraction of sp³-hybridized carbons (Fsp3) is 0.238. The molecule has 1 aromatic heterocycles. The maximum absolute atomic E-state index is 13.5. The molecule has 162 valence electrons. The average molecular weight is 431 g/mol. The molecular formula is C21H20F3N5O2. The summed E-state index contributed by atoms with van der Waals surface area (Å²) in [7, 11) is 0. The Morgan fingerprint density at radius 2 is 1.61 bits per heavy atom. The monoisotopic (exact) mass is 431 g/mol. The van der Waals surface area contributed by atoms with E-state index in [1.807, 2.05) is 12.1 Å². The van der Waals surface area contributed by atoms with Crippen molar-refractivity contribution in [3.05, 3.63) is 76.0 Å². The third-order valence-corrected chi connectivity index (χ3v) is 4.46. The highest BCUT2D eigenvalue weighted by molar-refractivity contribution is 5.70. The zero-order valence-corrected chi connectivity index (χ0v) is 17.0. The second kappa shape index (κ2) is 8.21. The van der Waals surface area contributed by atoms with E-state index in [1.54, 1.807) is 12.1 Å². The first-order valence-electron chi connectivity index (χ1n) is 9.27. The molecule has 0 saturated heterocycles. The smallest absolute Gasteiger partial charge is 0.334 e. The van der Waals surface area contributed by atoms with Crippen LogP contribution in [0, 0.1) is 10.1 Å². The summed E-state index contributed by atoms with van der Waals surface area (Å²) in [6, 6.07) is 12.7. The third-order valence-electron chi connectivity index (χ3n) is 4.46. The van der Waals surface area contributed by atoms with Crippen LogP contribution in [0.5, 0.6) is 0 Å². The lowest BCUT2D eigenvalue weighted by atomic mass is 9.87. The van der Waals surface area contributed by atoms with Crippen molar-refractivity contribution in [3.63, 3.8) is 0 Å². The minimum absolute atomic E-state index is 0.0507. The van der Waals surface area contributed by atoms with Crippen molar-refractivity contribution in [1.82, 2.24) is 9.97 Å². The molecule has 0 aliphatic heterocycles. The zero-order valence-electron chi connectivity index (χ0n) is 17.0. The van der Waals surface area contributed by atoms with Gasteiger partial charge in [0, 0.05) is 18.0 Å². The Labute approximate surface area is 176 Å². The first kappa shape index (κ1) is 22.0. The number of benzene rings is 2. The van der Waals surface area contributed by atoms with E-state index >= 15 is 0 Å². The molecule has 3 aromatic rings. The predicted molar refractivity (Wildman–Crippen MR) is 112 cm³/mol. The van der Waals surface area contributed by atoms with Crippen LogP contribution in [0.2, 0.25) is 0 Å². The van der Waals surface area contributed by atoms with Gasteiger partial charge >= 0.3 is 6.18 Å². The largest absolute Gasteiger partial charge is 0.421 e. The van der Waals surface area contributed by atoms with Gasteiger partial charge in [-0.05, 0) is 29.2 Å². The topological polar surface area (TPSA) is 93.0 Å². The van der Waals surface area contributed by atoms with Gasteiger partial charge in [0.25, 0.3) is 5.69 Å². The van der Waals surface area contributed by atoms with Gasteiger partial charge in [-0.2, -0.15) is 18.2 Å². The highest BCUT2D eigenvalue weighted by atomic mass is 19.4. The molecule has 2 aromatic carbocycles.